The van der Waals surface area contributed by atoms with Crippen molar-refractivity contribution in [1.29, 1.82) is 0 Å². The van der Waals surface area contributed by atoms with E-state index in [1.807, 2.05) is 13.0 Å². The maximum atomic E-state index is 12.5. The molecule has 5 aliphatic rings. The van der Waals surface area contributed by atoms with Crippen LogP contribution in [0.3, 0.4) is 0 Å². The lowest BCUT2D eigenvalue weighted by Crippen LogP contribution is -2.62. The van der Waals surface area contributed by atoms with Gasteiger partial charge in [0.2, 0.25) is 5.60 Å². The second-order valence-electron chi connectivity index (χ2n) is 9.88. The molecular weight excluding hydrogens is 372 g/mol. The fourth-order valence-corrected chi connectivity index (χ4v) is 7.46. The zero-order chi connectivity index (χ0) is 20.8. The molecule has 5 rings (SSSR count). The Hall–Kier alpha value is -1.95. The molecule has 156 valence electrons. The topological polar surface area (TPSA) is 93.2 Å². The highest BCUT2D eigenvalue weighted by molar-refractivity contribution is 6.01. The molecular formula is C23H28O6. The summed E-state index contributed by atoms with van der Waals surface area (Å²) in [6, 6.07) is 0. The van der Waals surface area contributed by atoms with Crippen LogP contribution >= 0.6 is 0 Å². The van der Waals surface area contributed by atoms with Crippen molar-refractivity contribution in [2.45, 2.75) is 76.6 Å². The number of hydrogen-bond donors (Lipinski definition) is 1. The van der Waals surface area contributed by atoms with E-state index in [9.17, 15) is 19.5 Å². The van der Waals surface area contributed by atoms with Crippen LogP contribution in [-0.4, -0.2) is 40.1 Å². The summed E-state index contributed by atoms with van der Waals surface area (Å²) in [4.78, 5) is 36.6. The predicted molar refractivity (Wildman–Crippen MR) is 103 cm³/mol. The molecule has 0 bridgehead atoms. The molecule has 7 atom stereocenters. The molecule has 4 aliphatic carbocycles. The van der Waals surface area contributed by atoms with E-state index in [4.69, 9.17) is 9.47 Å². The van der Waals surface area contributed by atoms with Gasteiger partial charge in [-0.15, -0.1) is 0 Å². The minimum atomic E-state index is -1.49. The Morgan fingerprint density at radius 2 is 2.03 bits per heavy atom. The van der Waals surface area contributed by atoms with Gasteiger partial charge >= 0.3 is 11.9 Å². The smallest absolute Gasteiger partial charge is 0.348 e. The summed E-state index contributed by atoms with van der Waals surface area (Å²) in [5.74, 6) is -1.18. The fraction of sp³-hybridized carbons (Fsp3) is 0.696. The third kappa shape index (κ3) is 2.03. The standard InChI is InChI=1S/C23H28O6/c1-4-18(25)29-22(19(26)27)10-8-15-16-6-5-13-11-14(24)7-9-20(13,2)23(16)17(28-23)12-21(15,22)3/h7,9,11,15-17H,4-6,8,10,12H2,1-3H3,(H,26,27)/t15-,16-,17-,20-,21-,22-,23+/m0/s1. The summed E-state index contributed by atoms with van der Waals surface area (Å²) >= 11 is 0. The SMILES string of the molecule is CCC(=O)O[C@]1(C(=O)O)CC[C@H]2[C@@H]3CCC4=CC(=O)C=C[C@]4(C)[C@@]34O[C@H]4C[C@@]21C. The Kier molecular flexibility index (Phi) is 3.67. The molecule has 4 fully saturated rings. The Balaban J connectivity index is 1.57. The number of fused-ring (bicyclic) bond motifs is 3. The average molecular weight is 400 g/mol. The first-order valence-corrected chi connectivity index (χ1v) is 10.7. The highest BCUT2D eigenvalue weighted by atomic mass is 16.6. The number of carboxylic acids is 1. The fourth-order valence-electron chi connectivity index (χ4n) is 7.46. The molecule has 1 heterocycles. The van der Waals surface area contributed by atoms with E-state index in [1.54, 1.807) is 19.1 Å². The Labute approximate surface area is 170 Å². The summed E-state index contributed by atoms with van der Waals surface area (Å²) in [5.41, 5.74) is -1.72. The van der Waals surface area contributed by atoms with E-state index < -0.39 is 23.0 Å². The van der Waals surface area contributed by atoms with Crippen molar-refractivity contribution >= 4 is 17.7 Å². The van der Waals surface area contributed by atoms with Crippen molar-refractivity contribution in [3.63, 3.8) is 0 Å². The van der Waals surface area contributed by atoms with Crippen LogP contribution in [0.2, 0.25) is 0 Å². The van der Waals surface area contributed by atoms with Crippen LogP contribution in [0, 0.1) is 22.7 Å². The van der Waals surface area contributed by atoms with Gasteiger partial charge in [0.05, 0.1) is 6.10 Å². The number of ketones is 1. The van der Waals surface area contributed by atoms with E-state index in [1.165, 1.54) is 0 Å². The Morgan fingerprint density at radius 3 is 2.72 bits per heavy atom. The predicted octanol–water partition coefficient (Wildman–Crippen LogP) is 3.20. The maximum absolute atomic E-state index is 12.5. The molecule has 6 nitrogen and oxygen atoms in total. The lowest BCUT2D eigenvalue weighted by atomic mass is 9.47. The van der Waals surface area contributed by atoms with Crippen LogP contribution in [0.1, 0.15) is 59.3 Å². The number of rotatable bonds is 3. The number of aliphatic carboxylic acids is 1. The largest absolute Gasteiger partial charge is 0.478 e. The minimum absolute atomic E-state index is 0.0300. The molecule has 0 aromatic heterocycles. The van der Waals surface area contributed by atoms with E-state index in [-0.39, 0.29) is 41.2 Å². The van der Waals surface area contributed by atoms with Gasteiger partial charge in [-0.05, 0) is 63.0 Å². The first-order chi connectivity index (χ1) is 13.6. The van der Waals surface area contributed by atoms with Crippen LogP contribution < -0.4 is 0 Å². The molecule has 0 amide bonds. The number of carbonyl (C=O) groups excluding carboxylic acids is 2. The molecule has 29 heavy (non-hydrogen) atoms. The van der Waals surface area contributed by atoms with Crippen LogP contribution in [-0.2, 0) is 23.9 Å². The molecule has 1 saturated heterocycles. The summed E-state index contributed by atoms with van der Waals surface area (Å²) in [5, 5.41) is 10.2. The number of ether oxygens (including phenoxy) is 2. The summed E-state index contributed by atoms with van der Waals surface area (Å²) in [7, 11) is 0. The van der Waals surface area contributed by atoms with Gasteiger partial charge in [-0.1, -0.05) is 25.5 Å². The van der Waals surface area contributed by atoms with Crippen molar-refractivity contribution < 1.29 is 29.0 Å². The number of carbonyl (C=O) groups is 3. The van der Waals surface area contributed by atoms with Crippen LogP contribution in [0.5, 0.6) is 0 Å². The number of esters is 1. The van der Waals surface area contributed by atoms with Gasteiger partial charge in [0.1, 0.15) is 5.60 Å². The molecule has 3 saturated carbocycles. The monoisotopic (exact) mass is 400 g/mol. The number of hydrogen-bond acceptors (Lipinski definition) is 5. The van der Waals surface area contributed by atoms with Gasteiger partial charge in [-0.25, -0.2) is 4.79 Å². The van der Waals surface area contributed by atoms with Gasteiger partial charge in [-0.2, -0.15) is 0 Å². The second-order valence-corrected chi connectivity index (χ2v) is 9.88. The van der Waals surface area contributed by atoms with E-state index in [0.717, 1.165) is 18.4 Å². The quantitative estimate of drug-likeness (QED) is 0.578. The third-order valence-corrected chi connectivity index (χ3v) is 8.98. The molecule has 6 heteroatoms. The molecule has 0 aromatic carbocycles. The summed E-state index contributed by atoms with van der Waals surface area (Å²) < 4.78 is 12.2. The van der Waals surface area contributed by atoms with Gasteiger partial charge in [-0.3, -0.25) is 9.59 Å². The maximum Gasteiger partial charge on any atom is 0.348 e. The third-order valence-electron chi connectivity index (χ3n) is 8.98. The highest BCUT2D eigenvalue weighted by Gasteiger charge is 2.82. The molecule has 0 unspecified atom stereocenters. The van der Waals surface area contributed by atoms with E-state index in [0.29, 0.717) is 19.3 Å². The number of allylic oxidation sites excluding steroid dienone is 2. The Bertz CT molecular complexity index is 888. The first-order valence-electron chi connectivity index (χ1n) is 10.7. The zero-order valence-corrected chi connectivity index (χ0v) is 17.2. The van der Waals surface area contributed by atoms with Gasteiger partial charge < -0.3 is 14.6 Å². The van der Waals surface area contributed by atoms with Gasteiger partial charge in [0.25, 0.3) is 0 Å². The van der Waals surface area contributed by atoms with Crippen molar-refractivity contribution in [1.82, 2.24) is 0 Å². The second kappa shape index (κ2) is 5.60. The summed E-state index contributed by atoms with van der Waals surface area (Å²) in [6.07, 6.45) is 8.79. The van der Waals surface area contributed by atoms with Crippen molar-refractivity contribution in [2.75, 3.05) is 0 Å². The highest BCUT2D eigenvalue weighted by Crippen LogP contribution is 2.76. The lowest BCUT2D eigenvalue weighted by molar-refractivity contribution is -0.198. The summed E-state index contributed by atoms with van der Waals surface area (Å²) in [6.45, 7) is 5.84. The van der Waals surface area contributed by atoms with E-state index in [2.05, 4.69) is 6.92 Å². The molecule has 0 radical (unpaired) electrons. The van der Waals surface area contributed by atoms with Crippen molar-refractivity contribution in [3.8, 4) is 0 Å². The van der Waals surface area contributed by atoms with Crippen molar-refractivity contribution in [3.05, 3.63) is 23.8 Å². The molecule has 0 aromatic rings. The first kappa shape index (κ1) is 19.0. The van der Waals surface area contributed by atoms with Crippen LogP contribution in [0.25, 0.3) is 0 Å². The van der Waals surface area contributed by atoms with Crippen molar-refractivity contribution in [2.24, 2.45) is 22.7 Å². The van der Waals surface area contributed by atoms with Gasteiger partial charge in [0, 0.05) is 17.3 Å². The van der Waals surface area contributed by atoms with Crippen LogP contribution in [0.15, 0.2) is 23.8 Å². The molecule has 1 spiro atoms. The zero-order valence-electron chi connectivity index (χ0n) is 17.2. The van der Waals surface area contributed by atoms with E-state index >= 15 is 0 Å². The lowest BCUT2D eigenvalue weighted by Gasteiger charge is -2.55. The molecule has 1 N–H and O–H groups in total. The Morgan fingerprint density at radius 1 is 1.28 bits per heavy atom. The van der Waals surface area contributed by atoms with Crippen LogP contribution in [0.4, 0.5) is 0 Å². The number of epoxide rings is 1. The average Bonchev–Trinajstić information content (AvgIpc) is 3.31. The molecule has 1 aliphatic heterocycles. The van der Waals surface area contributed by atoms with Gasteiger partial charge in [0.15, 0.2) is 5.78 Å². The minimum Gasteiger partial charge on any atom is -0.478 e. The normalized spacial score (nSPS) is 49.3. The number of carboxylic acid groups (broad SMARTS) is 1.